The van der Waals surface area contributed by atoms with Crippen LogP contribution in [0.5, 0.6) is 0 Å². The van der Waals surface area contributed by atoms with E-state index in [9.17, 15) is 9.59 Å². The van der Waals surface area contributed by atoms with Crippen molar-refractivity contribution in [3.05, 3.63) is 57.2 Å². The van der Waals surface area contributed by atoms with E-state index in [-0.39, 0.29) is 11.7 Å². The number of aromatic nitrogens is 1. The Labute approximate surface area is 172 Å². The topological polar surface area (TPSA) is 53.5 Å². The van der Waals surface area contributed by atoms with Crippen LogP contribution in [-0.4, -0.2) is 47.8 Å². The third kappa shape index (κ3) is 3.72. The van der Waals surface area contributed by atoms with Crippen molar-refractivity contribution in [3.63, 3.8) is 0 Å². The second kappa shape index (κ2) is 7.85. The molecule has 1 aromatic carbocycles. The number of nitrogens with zero attached hydrogens (tertiary/aromatic N) is 3. The first-order valence-electron chi connectivity index (χ1n) is 9.18. The highest BCUT2D eigenvalue weighted by Gasteiger charge is 2.26. The molecule has 3 aromatic rings. The molecule has 0 saturated carbocycles. The molecule has 1 aliphatic rings. The second-order valence-electron chi connectivity index (χ2n) is 6.83. The fourth-order valence-corrected chi connectivity index (χ4v) is 5.07. The smallest absolute Gasteiger partial charge is 0.265 e. The summed E-state index contributed by atoms with van der Waals surface area (Å²) in [6, 6.07) is 9.72. The molecule has 0 radical (unpaired) electrons. The minimum Gasteiger partial charge on any atom is -0.368 e. The van der Waals surface area contributed by atoms with Crippen molar-refractivity contribution in [2.75, 3.05) is 31.1 Å². The zero-order valence-corrected chi connectivity index (χ0v) is 17.5. The monoisotopic (exact) mass is 411 g/mol. The van der Waals surface area contributed by atoms with Crippen LogP contribution in [0.4, 0.5) is 5.69 Å². The van der Waals surface area contributed by atoms with Gasteiger partial charge in [-0.1, -0.05) is 0 Å². The number of aryl methyl sites for hydroxylation is 1. The first kappa shape index (κ1) is 18.8. The number of carbonyl (C=O) groups excluding carboxylic acids is 2. The van der Waals surface area contributed by atoms with Crippen LogP contribution in [-0.2, 0) is 0 Å². The molecule has 1 aliphatic heterocycles. The van der Waals surface area contributed by atoms with E-state index in [1.165, 1.54) is 11.3 Å². The van der Waals surface area contributed by atoms with E-state index in [1.54, 1.807) is 18.3 Å². The van der Waals surface area contributed by atoms with Gasteiger partial charge in [0.1, 0.15) is 9.88 Å². The molecule has 0 unspecified atom stereocenters. The number of ketones is 1. The molecule has 4 rings (SSSR count). The summed E-state index contributed by atoms with van der Waals surface area (Å²) in [4.78, 5) is 33.9. The Kier molecular flexibility index (Phi) is 5.28. The number of anilines is 1. The largest absolute Gasteiger partial charge is 0.368 e. The van der Waals surface area contributed by atoms with E-state index in [2.05, 4.69) is 15.3 Å². The van der Waals surface area contributed by atoms with Crippen LogP contribution in [0, 0.1) is 6.92 Å². The number of rotatable bonds is 4. The standard InChI is InChI=1S/C21H21N3O2S2/c1-14-19(28-20(22-14)17-7-12-27-13-17)21(26)24-10-8-23(9-11-24)18-5-3-16(4-6-18)15(2)25/h3-7,12-13H,8-11H2,1-2H3. The quantitative estimate of drug-likeness (QED) is 0.599. The van der Waals surface area contributed by atoms with Crippen molar-refractivity contribution in [2.45, 2.75) is 13.8 Å². The lowest BCUT2D eigenvalue weighted by Gasteiger charge is -2.36. The molecule has 144 valence electrons. The van der Waals surface area contributed by atoms with E-state index in [0.29, 0.717) is 13.1 Å². The molecule has 0 aliphatic carbocycles. The van der Waals surface area contributed by atoms with E-state index in [0.717, 1.165) is 45.5 Å². The van der Waals surface area contributed by atoms with Crippen LogP contribution in [0.1, 0.15) is 32.6 Å². The molecule has 28 heavy (non-hydrogen) atoms. The van der Waals surface area contributed by atoms with Gasteiger partial charge in [-0.15, -0.1) is 11.3 Å². The van der Waals surface area contributed by atoms with Crippen molar-refractivity contribution in [1.29, 1.82) is 0 Å². The van der Waals surface area contributed by atoms with Gasteiger partial charge >= 0.3 is 0 Å². The minimum absolute atomic E-state index is 0.0723. The van der Waals surface area contributed by atoms with Crippen molar-refractivity contribution in [2.24, 2.45) is 0 Å². The lowest BCUT2D eigenvalue weighted by Crippen LogP contribution is -2.48. The Hall–Kier alpha value is -2.51. The van der Waals surface area contributed by atoms with E-state index >= 15 is 0 Å². The predicted molar refractivity (Wildman–Crippen MR) is 115 cm³/mol. The normalized spacial score (nSPS) is 14.4. The van der Waals surface area contributed by atoms with E-state index in [1.807, 2.05) is 47.5 Å². The van der Waals surface area contributed by atoms with Crippen LogP contribution in [0.3, 0.4) is 0 Å². The van der Waals surface area contributed by atoms with Crippen molar-refractivity contribution in [3.8, 4) is 10.6 Å². The summed E-state index contributed by atoms with van der Waals surface area (Å²) in [6.45, 7) is 6.40. The number of thiophene rings is 1. The summed E-state index contributed by atoms with van der Waals surface area (Å²) in [5.41, 5.74) is 3.69. The second-order valence-corrected chi connectivity index (χ2v) is 8.61. The molecule has 0 bridgehead atoms. The summed E-state index contributed by atoms with van der Waals surface area (Å²) >= 11 is 3.11. The number of piperazine rings is 1. The molecule has 1 fully saturated rings. The average Bonchev–Trinajstić information content (AvgIpc) is 3.37. The molecular weight excluding hydrogens is 390 g/mol. The van der Waals surface area contributed by atoms with Crippen molar-refractivity contribution in [1.82, 2.24) is 9.88 Å². The Morgan fingerprint density at radius 2 is 1.75 bits per heavy atom. The lowest BCUT2D eigenvalue weighted by atomic mass is 10.1. The van der Waals surface area contributed by atoms with Crippen LogP contribution < -0.4 is 4.90 Å². The van der Waals surface area contributed by atoms with Gasteiger partial charge in [0.15, 0.2) is 5.78 Å². The van der Waals surface area contributed by atoms with Gasteiger partial charge in [-0.25, -0.2) is 4.98 Å². The van der Waals surface area contributed by atoms with Crippen molar-refractivity contribution < 1.29 is 9.59 Å². The molecular formula is C21H21N3O2S2. The molecule has 2 aromatic heterocycles. The summed E-state index contributed by atoms with van der Waals surface area (Å²) in [5, 5.41) is 4.99. The van der Waals surface area contributed by atoms with Gasteiger partial charge < -0.3 is 9.80 Å². The van der Waals surface area contributed by atoms with E-state index in [4.69, 9.17) is 0 Å². The molecule has 0 spiro atoms. The maximum atomic E-state index is 13.0. The van der Waals surface area contributed by atoms with Gasteiger partial charge in [-0.3, -0.25) is 9.59 Å². The van der Waals surface area contributed by atoms with Crippen molar-refractivity contribution >= 4 is 40.1 Å². The first-order chi connectivity index (χ1) is 13.5. The molecule has 3 heterocycles. The highest BCUT2D eigenvalue weighted by molar-refractivity contribution is 7.17. The Morgan fingerprint density at radius 1 is 1.04 bits per heavy atom. The first-order valence-corrected chi connectivity index (χ1v) is 10.9. The molecule has 1 saturated heterocycles. The number of thiazole rings is 1. The van der Waals surface area contributed by atoms with Gasteiger partial charge in [-0.2, -0.15) is 11.3 Å². The average molecular weight is 412 g/mol. The Balaban J connectivity index is 1.42. The maximum Gasteiger partial charge on any atom is 0.265 e. The zero-order valence-electron chi connectivity index (χ0n) is 15.8. The molecule has 5 nitrogen and oxygen atoms in total. The SMILES string of the molecule is CC(=O)c1ccc(N2CCN(C(=O)c3sc(-c4ccsc4)nc3C)CC2)cc1. The number of benzene rings is 1. The Morgan fingerprint density at radius 3 is 2.36 bits per heavy atom. The van der Waals surface area contributed by atoms with Gasteiger partial charge in [0.25, 0.3) is 5.91 Å². The number of hydrogen-bond acceptors (Lipinski definition) is 6. The van der Waals surface area contributed by atoms with Gasteiger partial charge in [0, 0.05) is 48.4 Å². The fourth-order valence-electron chi connectivity index (χ4n) is 3.32. The third-order valence-corrected chi connectivity index (χ3v) is 6.84. The van der Waals surface area contributed by atoms with Gasteiger partial charge in [-0.05, 0) is 49.6 Å². The van der Waals surface area contributed by atoms with Crippen LogP contribution in [0.25, 0.3) is 10.6 Å². The highest BCUT2D eigenvalue weighted by atomic mass is 32.1. The summed E-state index contributed by atoms with van der Waals surface area (Å²) < 4.78 is 0. The zero-order chi connectivity index (χ0) is 19.7. The molecule has 1 amide bonds. The summed E-state index contributed by atoms with van der Waals surface area (Å²) in [5.74, 6) is 0.145. The van der Waals surface area contributed by atoms with Gasteiger partial charge in [0.2, 0.25) is 0 Å². The van der Waals surface area contributed by atoms with Crippen LogP contribution in [0.15, 0.2) is 41.1 Å². The van der Waals surface area contributed by atoms with Gasteiger partial charge in [0.05, 0.1) is 5.69 Å². The Bertz CT molecular complexity index is 985. The predicted octanol–water partition coefficient (Wildman–Crippen LogP) is 4.35. The number of Topliss-reactive ketones (excluding diaryl/α,β-unsaturated/α-hetero) is 1. The van der Waals surface area contributed by atoms with Crippen LogP contribution >= 0.6 is 22.7 Å². The minimum atomic E-state index is 0.0723. The lowest BCUT2D eigenvalue weighted by molar-refractivity contribution is 0.0750. The highest BCUT2D eigenvalue weighted by Crippen LogP contribution is 2.30. The fraction of sp³-hybridized carbons (Fsp3) is 0.286. The molecule has 0 N–H and O–H groups in total. The molecule has 0 atom stereocenters. The number of amides is 1. The third-order valence-electron chi connectivity index (χ3n) is 4.96. The molecule has 7 heteroatoms. The number of carbonyl (C=O) groups is 2. The van der Waals surface area contributed by atoms with E-state index < -0.39 is 0 Å². The maximum absolute atomic E-state index is 13.0. The van der Waals surface area contributed by atoms with Crippen LogP contribution in [0.2, 0.25) is 0 Å². The number of hydrogen-bond donors (Lipinski definition) is 0. The summed E-state index contributed by atoms with van der Waals surface area (Å²) in [7, 11) is 0. The summed E-state index contributed by atoms with van der Waals surface area (Å²) in [6.07, 6.45) is 0.